The highest BCUT2D eigenvalue weighted by atomic mass is 79.9. The Labute approximate surface area is 169 Å². The molecule has 0 spiro atoms. The van der Waals surface area contributed by atoms with Gasteiger partial charge in [0.1, 0.15) is 5.75 Å². The van der Waals surface area contributed by atoms with Gasteiger partial charge in [0.05, 0.1) is 0 Å². The van der Waals surface area contributed by atoms with E-state index in [2.05, 4.69) is 52.3 Å². The van der Waals surface area contributed by atoms with E-state index < -0.39 is 0 Å². The highest BCUT2D eigenvalue weighted by molar-refractivity contribution is 9.09. The zero-order valence-corrected chi connectivity index (χ0v) is 16.9. The van der Waals surface area contributed by atoms with Crippen molar-refractivity contribution in [3.8, 4) is 5.75 Å². The van der Waals surface area contributed by atoms with Crippen molar-refractivity contribution in [2.24, 2.45) is 0 Å². The Kier molecular flexibility index (Phi) is 6.86. The van der Waals surface area contributed by atoms with Crippen LogP contribution in [0.25, 0.3) is 11.1 Å². The van der Waals surface area contributed by atoms with E-state index in [9.17, 15) is 5.11 Å². The van der Waals surface area contributed by atoms with E-state index in [0.717, 1.165) is 33.6 Å². The van der Waals surface area contributed by atoms with Crippen LogP contribution in [0, 0.1) is 0 Å². The molecule has 27 heavy (non-hydrogen) atoms. The molecule has 0 aliphatic carbocycles. The van der Waals surface area contributed by atoms with Gasteiger partial charge in [-0.1, -0.05) is 72.8 Å². The van der Waals surface area contributed by atoms with Crippen molar-refractivity contribution in [3.05, 3.63) is 102 Å². The first-order valence-corrected chi connectivity index (χ1v) is 9.96. The topological polar surface area (TPSA) is 29.5 Å². The summed E-state index contributed by atoms with van der Waals surface area (Å²) in [6.07, 6.45) is 0.588. The van der Waals surface area contributed by atoms with Gasteiger partial charge in [-0.05, 0) is 69.2 Å². The van der Waals surface area contributed by atoms with Gasteiger partial charge >= 0.3 is 0 Å². The smallest absolute Gasteiger partial charge is 0.150 e. The Morgan fingerprint density at radius 2 is 1.33 bits per heavy atom. The molecule has 0 fully saturated rings. The molecule has 0 aliphatic rings. The minimum absolute atomic E-state index is 0.0400. The number of hydrogen-bond acceptors (Lipinski definition) is 2. The van der Waals surface area contributed by atoms with Crippen LogP contribution in [0.1, 0.15) is 30.0 Å². The highest BCUT2D eigenvalue weighted by Gasteiger charge is 2.14. The number of halogens is 1. The Balaban J connectivity index is 2.16. The zero-order chi connectivity index (χ0) is 19.1. The van der Waals surface area contributed by atoms with E-state index in [-0.39, 0.29) is 11.6 Å². The fourth-order valence-corrected chi connectivity index (χ4v) is 3.39. The average molecular weight is 423 g/mol. The van der Waals surface area contributed by atoms with Gasteiger partial charge in [0.15, 0.2) is 5.01 Å². The minimum Gasteiger partial charge on any atom is -0.480 e. The van der Waals surface area contributed by atoms with E-state index in [4.69, 9.17) is 4.74 Å². The van der Waals surface area contributed by atoms with Crippen LogP contribution < -0.4 is 4.74 Å². The van der Waals surface area contributed by atoms with Gasteiger partial charge in [-0.3, -0.25) is 0 Å². The highest BCUT2D eigenvalue weighted by Crippen LogP contribution is 2.35. The van der Waals surface area contributed by atoms with E-state index in [1.807, 2.05) is 55.5 Å². The fourth-order valence-electron chi connectivity index (χ4n) is 3.17. The van der Waals surface area contributed by atoms with Gasteiger partial charge in [0, 0.05) is 6.61 Å². The van der Waals surface area contributed by atoms with Crippen LogP contribution in [-0.2, 0) is 0 Å². The second-order valence-corrected chi connectivity index (χ2v) is 7.53. The van der Waals surface area contributed by atoms with Crippen molar-refractivity contribution in [3.63, 3.8) is 0 Å². The predicted molar refractivity (Wildman–Crippen MR) is 116 cm³/mol. The molecule has 1 N–H and O–H groups in total. The van der Waals surface area contributed by atoms with Crippen LogP contribution >= 0.6 is 15.9 Å². The fraction of sp³-hybridized carbons (Fsp3) is 0.167. The third-order valence-electron chi connectivity index (χ3n) is 4.29. The van der Waals surface area contributed by atoms with Crippen molar-refractivity contribution in [2.75, 3.05) is 6.61 Å². The molecule has 2 nitrogen and oxygen atoms in total. The lowest BCUT2D eigenvalue weighted by atomic mass is 9.88. The van der Waals surface area contributed by atoms with Gasteiger partial charge < -0.3 is 9.84 Å². The van der Waals surface area contributed by atoms with Crippen molar-refractivity contribution in [1.82, 2.24) is 0 Å². The molecule has 0 bridgehead atoms. The van der Waals surface area contributed by atoms with Crippen LogP contribution in [0.2, 0.25) is 0 Å². The summed E-state index contributed by atoms with van der Waals surface area (Å²) in [4.78, 5) is 0. The van der Waals surface area contributed by atoms with Crippen molar-refractivity contribution >= 4 is 27.1 Å². The molecular weight excluding hydrogens is 400 g/mol. The lowest BCUT2D eigenvalue weighted by molar-refractivity contribution is 0.305. The summed E-state index contributed by atoms with van der Waals surface area (Å²) < 4.78 is 5.71. The van der Waals surface area contributed by atoms with Crippen LogP contribution in [0.15, 0.2) is 84.9 Å². The molecule has 0 amide bonds. The van der Waals surface area contributed by atoms with Gasteiger partial charge in [-0.25, -0.2) is 0 Å². The molecule has 0 heterocycles. The summed E-state index contributed by atoms with van der Waals surface area (Å²) in [7, 11) is 0. The third-order valence-corrected chi connectivity index (χ3v) is 4.48. The maximum absolute atomic E-state index is 9.72. The second-order valence-electron chi connectivity index (χ2n) is 6.24. The number of benzene rings is 3. The zero-order valence-electron chi connectivity index (χ0n) is 15.3. The van der Waals surface area contributed by atoms with E-state index >= 15 is 0 Å². The minimum atomic E-state index is -0.0400. The second kappa shape index (κ2) is 9.54. The molecule has 0 aromatic heterocycles. The van der Waals surface area contributed by atoms with Gasteiger partial charge in [0.2, 0.25) is 0 Å². The standard InChI is InChI=1S/C24H23BrO2/c1-18(25)27-22-14-12-21(13-15-22)24(20-10-6-3-7-11-20)23(16-17-26)19-8-4-2-5-9-19/h2-15,18,26H,16-17H2,1H3. The lowest BCUT2D eigenvalue weighted by Crippen LogP contribution is -2.02. The number of hydrogen-bond donors (Lipinski definition) is 1. The largest absolute Gasteiger partial charge is 0.480 e. The van der Waals surface area contributed by atoms with E-state index in [1.54, 1.807) is 0 Å². The van der Waals surface area contributed by atoms with Gasteiger partial charge in [-0.2, -0.15) is 0 Å². The monoisotopic (exact) mass is 422 g/mol. The molecule has 0 radical (unpaired) electrons. The normalized spacial score (nSPS) is 13.0. The molecule has 0 saturated heterocycles. The van der Waals surface area contributed by atoms with Crippen LogP contribution in [0.3, 0.4) is 0 Å². The number of rotatable bonds is 7. The lowest BCUT2D eigenvalue weighted by Gasteiger charge is -2.17. The van der Waals surface area contributed by atoms with Crippen molar-refractivity contribution in [1.29, 1.82) is 0 Å². The quantitative estimate of drug-likeness (QED) is 0.365. The molecule has 0 saturated carbocycles. The average Bonchev–Trinajstić information content (AvgIpc) is 2.70. The first kappa shape index (κ1) is 19.4. The number of ether oxygens (including phenoxy) is 1. The summed E-state index contributed by atoms with van der Waals surface area (Å²) in [6, 6.07) is 28.7. The first-order valence-electron chi connectivity index (χ1n) is 9.05. The molecule has 3 aromatic carbocycles. The molecule has 3 aromatic rings. The Hall–Kier alpha value is -2.36. The van der Waals surface area contributed by atoms with Crippen LogP contribution in [0.5, 0.6) is 5.75 Å². The Morgan fingerprint density at radius 1 is 0.815 bits per heavy atom. The maximum atomic E-state index is 9.72. The summed E-state index contributed by atoms with van der Waals surface area (Å²) in [6.45, 7) is 2.04. The summed E-state index contributed by atoms with van der Waals surface area (Å²) >= 11 is 3.41. The SMILES string of the molecule is CC(Br)Oc1ccc(C(=C(CCO)c2ccccc2)c2ccccc2)cc1. The number of alkyl halides is 1. The molecule has 3 heteroatoms. The molecule has 1 unspecified atom stereocenters. The number of aliphatic hydroxyl groups excluding tert-OH is 1. The van der Waals surface area contributed by atoms with Crippen molar-refractivity contribution < 1.29 is 9.84 Å². The molecule has 0 aliphatic heterocycles. The van der Waals surface area contributed by atoms with Gasteiger partial charge in [0.25, 0.3) is 0 Å². The third kappa shape index (κ3) is 5.09. The summed E-state index contributed by atoms with van der Waals surface area (Å²) in [5, 5.41) is 9.68. The summed E-state index contributed by atoms with van der Waals surface area (Å²) in [5.74, 6) is 0.818. The Morgan fingerprint density at radius 3 is 1.85 bits per heavy atom. The van der Waals surface area contributed by atoms with Gasteiger partial charge in [-0.15, -0.1) is 0 Å². The molecule has 3 rings (SSSR count). The first-order chi connectivity index (χ1) is 13.2. The van der Waals surface area contributed by atoms with Crippen LogP contribution in [-0.4, -0.2) is 16.7 Å². The Bertz CT molecular complexity index is 869. The molecule has 138 valence electrons. The van der Waals surface area contributed by atoms with E-state index in [0.29, 0.717) is 6.42 Å². The number of aliphatic hydroxyl groups is 1. The molecule has 1 atom stereocenters. The predicted octanol–water partition coefficient (Wildman–Crippen LogP) is 6.15. The van der Waals surface area contributed by atoms with Crippen LogP contribution in [0.4, 0.5) is 0 Å². The van der Waals surface area contributed by atoms with Crippen molar-refractivity contribution in [2.45, 2.75) is 18.4 Å². The maximum Gasteiger partial charge on any atom is 0.150 e. The summed E-state index contributed by atoms with van der Waals surface area (Å²) in [5.41, 5.74) is 5.62. The molecular formula is C24H23BrO2. The van der Waals surface area contributed by atoms with E-state index in [1.165, 1.54) is 0 Å².